The zero-order valence-corrected chi connectivity index (χ0v) is 26.9. The molecule has 0 bridgehead atoms. The molecule has 5 rings (SSSR count). The van der Waals surface area contributed by atoms with Crippen LogP contribution >= 0.6 is 11.3 Å². The second-order valence-corrected chi connectivity index (χ2v) is 12.7. The molecule has 0 saturated carbocycles. The molecule has 1 aromatic heterocycles. The van der Waals surface area contributed by atoms with Gasteiger partial charge in [0, 0.05) is 40.0 Å². The molecule has 2 amide bonds. The summed E-state index contributed by atoms with van der Waals surface area (Å²) in [7, 11) is -4.07. The first-order chi connectivity index (χ1) is 23.8. The van der Waals surface area contributed by atoms with Gasteiger partial charge in [0.05, 0.1) is 26.0 Å². The highest BCUT2D eigenvalue weighted by Gasteiger charge is 2.29. The molecule has 17 nitrogen and oxygen atoms in total. The highest BCUT2D eigenvalue weighted by Crippen LogP contribution is 2.38. The van der Waals surface area contributed by atoms with Gasteiger partial charge in [-0.3, -0.25) is 39.3 Å². The number of hydrogen-bond donors (Lipinski definition) is 5. The maximum atomic E-state index is 13.1. The molecule has 0 fully saturated rings. The molecule has 5 aromatic rings. The topological polar surface area (TPSA) is 253 Å². The summed E-state index contributed by atoms with van der Waals surface area (Å²) in [5.74, 6) is -2.91. The number of carboxylic acids is 1. The van der Waals surface area contributed by atoms with Crippen molar-refractivity contribution in [2.75, 3.05) is 21.9 Å². The van der Waals surface area contributed by atoms with E-state index in [1.165, 1.54) is 48.5 Å². The lowest BCUT2D eigenvalue weighted by Gasteiger charge is -2.11. The monoisotopic (exact) mass is 717 g/mol. The summed E-state index contributed by atoms with van der Waals surface area (Å²) in [6, 6.07) is 20.9. The fourth-order valence-corrected chi connectivity index (χ4v) is 6.40. The number of thiazole rings is 1. The van der Waals surface area contributed by atoms with Gasteiger partial charge in [0.1, 0.15) is 6.54 Å². The SMILES string of the molecule is O=C(O)CNC(=O)c1ccc(Nc2c([N+](=O)[O-])cc(C(=O)Nc3ccc(S(=O)(=O)Nc4nc(-c5ccccc5)cs4)cc3)cc2[N+](=O)[O-])cc1. The average Bonchev–Trinajstić information content (AvgIpc) is 3.55. The van der Waals surface area contributed by atoms with Crippen molar-refractivity contribution in [1.82, 2.24) is 10.3 Å². The summed E-state index contributed by atoms with van der Waals surface area (Å²) in [5, 5.41) is 41.7. The lowest BCUT2D eigenvalue weighted by molar-refractivity contribution is -0.392. The number of hydrogen-bond acceptors (Lipinski definition) is 12. The number of sulfonamides is 1. The zero-order valence-electron chi connectivity index (χ0n) is 25.2. The number of nitrogens with zero attached hydrogens (tertiary/aromatic N) is 3. The van der Waals surface area contributed by atoms with Crippen LogP contribution in [0.25, 0.3) is 11.3 Å². The number of aromatic nitrogens is 1. The van der Waals surface area contributed by atoms with E-state index in [4.69, 9.17) is 5.11 Å². The second-order valence-electron chi connectivity index (χ2n) is 10.2. The molecule has 254 valence electrons. The van der Waals surface area contributed by atoms with E-state index >= 15 is 0 Å². The Morgan fingerprint density at radius 1 is 0.800 bits per heavy atom. The number of aliphatic carboxylic acids is 1. The number of carbonyl (C=O) groups excluding carboxylic acids is 2. The van der Waals surface area contributed by atoms with Gasteiger partial charge in [0.2, 0.25) is 0 Å². The van der Waals surface area contributed by atoms with E-state index in [9.17, 15) is 43.0 Å². The number of amides is 2. The number of carboxylic acid groups (broad SMARTS) is 1. The molecular formula is C31H23N7O10S2. The van der Waals surface area contributed by atoms with Crippen LogP contribution in [0.4, 0.5) is 33.6 Å². The highest BCUT2D eigenvalue weighted by atomic mass is 32.2. The number of benzene rings is 4. The van der Waals surface area contributed by atoms with E-state index < -0.39 is 66.8 Å². The fourth-order valence-electron chi connectivity index (χ4n) is 4.42. The van der Waals surface area contributed by atoms with Crippen molar-refractivity contribution >= 4 is 72.7 Å². The first kappa shape index (κ1) is 34.6. The van der Waals surface area contributed by atoms with Gasteiger partial charge < -0.3 is 21.1 Å². The van der Waals surface area contributed by atoms with E-state index in [-0.39, 0.29) is 27.0 Å². The zero-order chi connectivity index (χ0) is 36.0. The number of nitro benzene ring substituents is 2. The number of anilines is 4. The largest absolute Gasteiger partial charge is 0.480 e. The van der Waals surface area contributed by atoms with Crippen LogP contribution in [-0.4, -0.2) is 52.7 Å². The number of nitrogens with one attached hydrogen (secondary N) is 4. The summed E-state index contributed by atoms with van der Waals surface area (Å²) >= 11 is 1.10. The van der Waals surface area contributed by atoms with Crippen LogP contribution in [0.1, 0.15) is 20.7 Å². The minimum atomic E-state index is -4.07. The van der Waals surface area contributed by atoms with Crippen LogP contribution in [0.2, 0.25) is 0 Å². The van der Waals surface area contributed by atoms with E-state index in [0.29, 0.717) is 5.69 Å². The lowest BCUT2D eigenvalue weighted by Crippen LogP contribution is -2.29. The standard InChI is InChI=1S/C31H23N7O10S2/c39-27(40)16-32-29(41)19-6-8-21(9-7-19)33-28-25(37(43)44)14-20(15-26(28)38(45)46)30(42)34-22-10-12-23(13-11-22)50(47,48)36-31-35-24(17-49-31)18-4-2-1-3-5-18/h1-15,17,33H,16H2,(H,32,41)(H,34,42)(H,35,36)(H,39,40). The van der Waals surface area contributed by atoms with Crippen molar-refractivity contribution in [3.05, 3.63) is 128 Å². The summed E-state index contributed by atoms with van der Waals surface area (Å²) in [6.07, 6.45) is 0. The summed E-state index contributed by atoms with van der Waals surface area (Å²) in [6.45, 7) is -0.619. The molecule has 0 atom stereocenters. The third-order valence-electron chi connectivity index (χ3n) is 6.79. The normalized spacial score (nSPS) is 10.9. The van der Waals surface area contributed by atoms with E-state index in [0.717, 1.165) is 29.0 Å². The summed E-state index contributed by atoms with van der Waals surface area (Å²) < 4.78 is 28.3. The Labute approximate surface area is 286 Å². The minimum absolute atomic E-state index is 0.0617. The van der Waals surface area contributed by atoms with Crippen molar-refractivity contribution in [2.45, 2.75) is 4.90 Å². The number of rotatable bonds is 13. The maximum Gasteiger partial charge on any atom is 0.322 e. The second kappa shape index (κ2) is 14.6. The smallest absolute Gasteiger partial charge is 0.322 e. The van der Waals surface area contributed by atoms with Crippen LogP contribution in [0.5, 0.6) is 0 Å². The molecule has 0 spiro atoms. The quantitative estimate of drug-likeness (QED) is 0.0775. The minimum Gasteiger partial charge on any atom is -0.480 e. The van der Waals surface area contributed by atoms with Gasteiger partial charge in [-0.1, -0.05) is 30.3 Å². The van der Waals surface area contributed by atoms with Crippen molar-refractivity contribution in [3.63, 3.8) is 0 Å². The van der Waals surface area contributed by atoms with Gasteiger partial charge in [0.25, 0.3) is 21.8 Å². The van der Waals surface area contributed by atoms with E-state index in [1.807, 2.05) is 30.3 Å². The fraction of sp³-hybridized carbons (Fsp3) is 0.0323. The molecule has 50 heavy (non-hydrogen) atoms. The maximum absolute atomic E-state index is 13.1. The number of nitro groups is 2. The Balaban J connectivity index is 1.31. The first-order valence-corrected chi connectivity index (χ1v) is 16.5. The van der Waals surface area contributed by atoms with Crippen molar-refractivity contribution < 1.29 is 37.8 Å². The van der Waals surface area contributed by atoms with Gasteiger partial charge in [-0.05, 0) is 48.5 Å². The van der Waals surface area contributed by atoms with Gasteiger partial charge in [-0.15, -0.1) is 11.3 Å². The van der Waals surface area contributed by atoms with Gasteiger partial charge in [-0.2, -0.15) is 0 Å². The summed E-state index contributed by atoms with van der Waals surface area (Å²) in [5.41, 5.74) is -0.930. The van der Waals surface area contributed by atoms with Crippen molar-refractivity contribution in [3.8, 4) is 11.3 Å². The van der Waals surface area contributed by atoms with Crippen molar-refractivity contribution in [1.29, 1.82) is 0 Å². The first-order valence-electron chi connectivity index (χ1n) is 14.1. The molecule has 19 heteroatoms. The molecule has 1 heterocycles. The Morgan fingerprint density at radius 3 is 1.98 bits per heavy atom. The number of carbonyl (C=O) groups is 3. The third kappa shape index (κ3) is 8.21. The van der Waals surface area contributed by atoms with Crippen LogP contribution in [-0.2, 0) is 14.8 Å². The predicted molar refractivity (Wildman–Crippen MR) is 182 cm³/mol. The third-order valence-corrected chi connectivity index (χ3v) is 9.03. The Bertz CT molecular complexity index is 2190. The molecular weight excluding hydrogens is 695 g/mol. The van der Waals surface area contributed by atoms with Crippen LogP contribution in [0, 0.1) is 20.2 Å². The van der Waals surface area contributed by atoms with E-state index in [2.05, 4.69) is 25.7 Å². The molecule has 0 unspecified atom stereocenters. The van der Waals surface area contributed by atoms with Gasteiger partial charge >= 0.3 is 17.3 Å². The Hall–Kier alpha value is -6.73. The Morgan fingerprint density at radius 2 is 1.40 bits per heavy atom. The molecule has 0 aliphatic rings. The van der Waals surface area contributed by atoms with Gasteiger partial charge in [0.15, 0.2) is 10.8 Å². The molecule has 0 radical (unpaired) electrons. The summed E-state index contributed by atoms with van der Waals surface area (Å²) in [4.78, 5) is 62.1. The molecule has 0 aliphatic heterocycles. The molecule has 4 aromatic carbocycles. The molecule has 5 N–H and O–H groups in total. The molecule has 0 saturated heterocycles. The van der Waals surface area contributed by atoms with Crippen molar-refractivity contribution in [2.24, 2.45) is 0 Å². The Kier molecular flexibility index (Phi) is 10.1. The van der Waals surface area contributed by atoms with Crippen LogP contribution < -0.4 is 20.7 Å². The van der Waals surface area contributed by atoms with Gasteiger partial charge in [-0.25, -0.2) is 13.4 Å². The van der Waals surface area contributed by atoms with Crippen LogP contribution in [0.15, 0.2) is 101 Å². The molecule has 0 aliphatic carbocycles. The highest BCUT2D eigenvalue weighted by molar-refractivity contribution is 7.93. The van der Waals surface area contributed by atoms with Crippen LogP contribution in [0.3, 0.4) is 0 Å². The van der Waals surface area contributed by atoms with E-state index in [1.54, 1.807) is 5.38 Å². The lowest BCUT2D eigenvalue weighted by atomic mass is 10.1. The predicted octanol–water partition coefficient (Wildman–Crippen LogP) is 5.24. The average molecular weight is 718 g/mol.